The second-order valence-electron chi connectivity index (χ2n) is 9.39. The molecule has 2 rings (SSSR count). The Kier molecular flexibility index (Phi) is 7.10. The van der Waals surface area contributed by atoms with Gasteiger partial charge in [-0.05, 0) is 30.3 Å². The first-order valence-electron chi connectivity index (χ1n) is 10.0. The first kappa shape index (κ1) is 23.9. The first-order valence-corrected chi connectivity index (χ1v) is 10.0. The van der Waals surface area contributed by atoms with E-state index in [4.69, 9.17) is 4.74 Å². The Morgan fingerprint density at radius 1 is 0.710 bits per heavy atom. The molecule has 166 valence electrons. The number of hydrogen-bond acceptors (Lipinski definition) is 4. The minimum Gasteiger partial charge on any atom is -0.497 e. The van der Waals surface area contributed by atoms with Crippen LogP contribution in [0, 0.1) is 10.8 Å². The van der Waals surface area contributed by atoms with Crippen LogP contribution in [0.4, 0.5) is 17.1 Å². The van der Waals surface area contributed by atoms with Crippen molar-refractivity contribution in [3.8, 4) is 5.75 Å². The van der Waals surface area contributed by atoms with Crippen LogP contribution in [0.5, 0.6) is 5.75 Å². The molecule has 0 aliphatic heterocycles. The normalized spacial score (nSPS) is 11.5. The van der Waals surface area contributed by atoms with Gasteiger partial charge >= 0.3 is 0 Å². The van der Waals surface area contributed by atoms with Crippen molar-refractivity contribution in [3.05, 3.63) is 48.0 Å². The molecule has 0 bridgehead atoms. The molecule has 7 nitrogen and oxygen atoms in total. The van der Waals surface area contributed by atoms with Gasteiger partial charge in [0.05, 0.1) is 7.11 Å². The van der Waals surface area contributed by atoms with Crippen LogP contribution < -0.4 is 20.7 Å². The Morgan fingerprint density at radius 3 is 1.68 bits per heavy atom. The molecule has 7 heteroatoms. The zero-order valence-corrected chi connectivity index (χ0v) is 19.2. The van der Waals surface area contributed by atoms with Gasteiger partial charge in [0.25, 0.3) is 5.91 Å². The van der Waals surface area contributed by atoms with Crippen molar-refractivity contribution in [2.75, 3.05) is 23.1 Å². The van der Waals surface area contributed by atoms with Crippen LogP contribution in [-0.4, -0.2) is 24.8 Å². The number of amides is 3. The molecule has 0 heterocycles. The number of rotatable bonds is 5. The van der Waals surface area contributed by atoms with Gasteiger partial charge in [-0.1, -0.05) is 47.6 Å². The third-order valence-corrected chi connectivity index (χ3v) is 4.40. The molecule has 0 saturated carbocycles. The van der Waals surface area contributed by atoms with Crippen LogP contribution in [0.1, 0.15) is 51.9 Å². The highest BCUT2D eigenvalue weighted by Gasteiger charge is 2.24. The quantitative estimate of drug-likeness (QED) is 0.634. The lowest BCUT2D eigenvalue weighted by molar-refractivity contribution is -0.123. The van der Waals surface area contributed by atoms with E-state index >= 15 is 0 Å². The predicted molar refractivity (Wildman–Crippen MR) is 124 cm³/mol. The number of carbonyl (C=O) groups is 3. The number of nitrogens with one attached hydrogen (secondary N) is 3. The predicted octanol–water partition coefficient (Wildman–Crippen LogP) is 4.92. The van der Waals surface area contributed by atoms with Crippen molar-refractivity contribution < 1.29 is 19.1 Å². The molecule has 0 saturated heterocycles. The summed E-state index contributed by atoms with van der Waals surface area (Å²) in [6.07, 6.45) is 0. The van der Waals surface area contributed by atoms with Crippen LogP contribution in [0.3, 0.4) is 0 Å². The van der Waals surface area contributed by atoms with Gasteiger partial charge in [-0.3, -0.25) is 14.4 Å². The number of methoxy groups -OCH3 is 1. The summed E-state index contributed by atoms with van der Waals surface area (Å²) in [6, 6.07) is 11.8. The van der Waals surface area contributed by atoms with Crippen LogP contribution in [0.15, 0.2) is 42.5 Å². The number of ether oxygens (including phenoxy) is 1. The molecule has 31 heavy (non-hydrogen) atoms. The summed E-state index contributed by atoms with van der Waals surface area (Å²) in [5.41, 5.74) is 0.457. The standard InChI is InChI=1S/C24H31N3O4/c1-23(2,3)21(29)26-17-11-15(12-18(13-17)27-22(30)24(4,5)6)20(28)25-16-9-8-10-19(14-16)31-7/h8-14H,1-7H3,(H,25,28)(H,26,29)(H,27,30). The Balaban J connectivity index is 2.38. The zero-order valence-electron chi connectivity index (χ0n) is 19.2. The van der Waals surface area contributed by atoms with E-state index < -0.39 is 10.8 Å². The lowest BCUT2D eigenvalue weighted by Gasteiger charge is -2.20. The van der Waals surface area contributed by atoms with Gasteiger partial charge in [0.1, 0.15) is 5.75 Å². The molecule has 0 radical (unpaired) electrons. The summed E-state index contributed by atoms with van der Waals surface area (Å²) < 4.78 is 5.19. The third-order valence-electron chi connectivity index (χ3n) is 4.40. The largest absolute Gasteiger partial charge is 0.497 e. The maximum absolute atomic E-state index is 12.9. The lowest BCUT2D eigenvalue weighted by Crippen LogP contribution is -2.29. The SMILES string of the molecule is COc1cccc(NC(=O)c2cc(NC(=O)C(C)(C)C)cc(NC(=O)C(C)(C)C)c2)c1. The van der Waals surface area contributed by atoms with Crippen molar-refractivity contribution >= 4 is 34.8 Å². The summed E-state index contributed by atoms with van der Waals surface area (Å²) in [5, 5.41) is 8.45. The summed E-state index contributed by atoms with van der Waals surface area (Å²) in [4.78, 5) is 37.8. The van der Waals surface area contributed by atoms with Crippen LogP contribution >= 0.6 is 0 Å². The smallest absolute Gasteiger partial charge is 0.255 e. The van der Waals surface area contributed by atoms with Crippen molar-refractivity contribution in [2.24, 2.45) is 10.8 Å². The third kappa shape index (κ3) is 6.84. The summed E-state index contributed by atoms with van der Waals surface area (Å²) >= 11 is 0. The second kappa shape index (κ2) is 9.20. The van der Waals surface area contributed by atoms with Gasteiger partial charge in [0.15, 0.2) is 0 Å². The summed E-state index contributed by atoms with van der Waals surface area (Å²) in [5.74, 6) is -0.176. The van der Waals surface area contributed by atoms with E-state index in [-0.39, 0.29) is 17.7 Å². The van der Waals surface area contributed by atoms with E-state index in [9.17, 15) is 14.4 Å². The van der Waals surface area contributed by atoms with Crippen LogP contribution in [-0.2, 0) is 9.59 Å². The highest BCUT2D eigenvalue weighted by molar-refractivity contribution is 6.07. The molecular weight excluding hydrogens is 394 g/mol. The molecule has 0 aromatic heterocycles. The minimum absolute atomic E-state index is 0.203. The minimum atomic E-state index is -0.617. The number of anilines is 3. The van der Waals surface area contributed by atoms with Crippen molar-refractivity contribution in [1.29, 1.82) is 0 Å². The summed E-state index contributed by atoms with van der Waals surface area (Å²) in [6.45, 7) is 10.8. The van der Waals surface area contributed by atoms with E-state index in [0.29, 0.717) is 28.4 Å². The average molecular weight is 426 g/mol. The fraction of sp³-hybridized carbons (Fsp3) is 0.375. The zero-order chi connectivity index (χ0) is 23.4. The Hall–Kier alpha value is -3.35. The molecule has 2 aromatic carbocycles. The molecule has 0 aliphatic carbocycles. The Labute approximate surface area is 183 Å². The first-order chi connectivity index (χ1) is 14.3. The van der Waals surface area contributed by atoms with E-state index in [1.807, 2.05) is 0 Å². The Morgan fingerprint density at radius 2 is 1.23 bits per heavy atom. The van der Waals surface area contributed by atoms with Gasteiger partial charge in [0.2, 0.25) is 11.8 Å². The fourth-order valence-corrected chi connectivity index (χ4v) is 2.44. The van der Waals surface area contributed by atoms with Gasteiger partial charge in [0, 0.05) is 39.5 Å². The highest BCUT2D eigenvalue weighted by atomic mass is 16.5. The second-order valence-corrected chi connectivity index (χ2v) is 9.39. The molecular formula is C24H31N3O4. The number of hydrogen-bond donors (Lipinski definition) is 3. The molecule has 0 unspecified atom stereocenters. The monoisotopic (exact) mass is 425 g/mol. The van der Waals surface area contributed by atoms with E-state index in [1.54, 1.807) is 91.1 Å². The molecule has 0 aliphatic rings. The fourth-order valence-electron chi connectivity index (χ4n) is 2.44. The van der Waals surface area contributed by atoms with Crippen molar-refractivity contribution in [2.45, 2.75) is 41.5 Å². The topological polar surface area (TPSA) is 96.5 Å². The molecule has 0 fully saturated rings. The van der Waals surface area contributed by atoms with E-state index in [0.717, 1.165) is 0 Å². The molecule has 2 aromatic rings. The van der Waals surface area contributed by atoms with Gasteiger partial charge in [-0.15, -0.1) is 0 Å². The van der Waals surface area contributed by atoms with Gasteiger partial charge in [-0.2, -0.15) is 0 Å². The van der Waals surface area contributed by atoms with E-state index in [2.05, 4.69) is 16.0 Å². The van der Waals surface area contributed by atoms with Crippen molar-refractivity contribution in [3.63, 3.8) is 0 Å². The molecule has 3 amide bonds. The maximum Gasteiger partial charge on any atom is 0.255 e. The molecule has 0 atom stereocenters. The van der Waals surface area contributed by atoms with Crippen LogP contribution in [0.2, 0.25) is 0 Å². The average Bonchev–Trinajstić information content (AvgIpc) is 2.66. The molecule has 0 spiro atoms. The van der Waals surface area contributed by atoms with Gasteiger partial charge in [-0.25, -0.2) is 0 Å². The summed E-state index contributed by atoms with van der Waals surface area (Å²) in [7, 11) is 1.55. The maximum atomic E-state index is 12.9. The van der Waals surface area contributed by atoms with Crippen molar-refractivity contribution in [1.82, 2.24) is 0 Å². The lowest BCUT2D eigenvalue weighted by atomic mass is 9.95. The molecule has 3 N–H and O–H groups in total. The Bertz CT molecular complexity index is 939. The number of carbonyl (C=O) groups excluding carboxylic acids is 3. The highest BCUT2D eigenvalue weighted by Crippen LogP contribution is 2.25. The van der Waals surface area contributed by atoms with Gasteiger partial charge < -0.3 is 20.7 Å². The van der Waals surface area contributed by atoms with Crippen LogP contribution in [0.25, 0.3) is 0 Å². The number of benzene rings is 2. The van der Waals surface area contributed by atoms with E-state index in [1.165, 1.54) is 0 Å².